The number of ether oxygens (including phenoxy) is 1. The van der Waals surface area contributed by atoms with E-state index in [4.69, 9.17) is 9.57 Å². The molecule has 1 aliphatic rings. The van der Waals surface area contributed by atoms with Gasteiger partial charge in [-0.3, -0.25) is 10.2 Å². The quantitative estimate of drug-likeness (QED) is 0.244. The van der Waals surface area contributed by atoms with Crippen molar-refractivity contribution in [1.82, 2.24) is 20.9 Å². The summed E-state index contributed by atoms with van der Waals surface area (Å²) < 4.78 is 5.78. The minimum absolute atomic E-state index is 0.284. The van der Waals surface area contributed by atoms with Crippen LogP contribution in [0.1, 0.15) is 48.9 Å². The maximum absolute atomic E-state index is 5.78. The molecule has 0 amide bonds. The van der Waals surface area contributed by atoms with Crippen LogP contribution >= 0.6 is 11.3 Å². The fourth-order valence-corrected chi connectivity index (χ4v) is 4.89. The Morgan fingerprint density at radius 2 is 1.79 bits per heavy atom. The van der Waals surface area contributed by atoms with Gasteiger partial charge in [-0.15, -0.1) is 16.9 Å². The summed E-state index contributed by atoms with van der Waals surface area (Å²) in [5, 5.41) is 5.83. The number of nitrogens with zero attached hydrogens (tertiary/aromatic N) is 2. The van der Waals surface area contributed by atoms with E-state index in [9.17, 15) is 0 Å². The van der Waals surface area contributed by atoms with Crippen molar-refractivity contribution in [3.63, 3.8) is 0 Å². The Labute approximate surface area is 207 Å². The van der Waals surface area contributed by atoms with Crippen molar-refractivity contribution in [3.05, 3.63) is 70.9 Å². The van der Waals surface area contributed by atoms with Crippen LogP contribution in [0.15, 0.2) is 54.0 Å². The Balaban J connectivity index is 1.08. The van der Waals surface area contributed by atoms with Crippen LogP contribution in [0.4, 0.5) is 0 Å². The molecule has 1 atom stereocenters. The Kier molecular flexibility index (Phi) is 9.47. The fourth-order valence-electron chi connectivity index (χ4n) is 4.08. The van der Waals surface area contributed by atoms with Crippen molar-refractivity contribution in [2.24, 2.45) is 0 Å². The molecule has 0 radical (unpaired) electrons. The summed E-state index contributed by atoms with van der Waals surface area (Å²) in [5.74, 6) is 0.946. The van der Waals surface area contributed by atoms with Crippen LogP contribution in [-0.4, -0.2) is 35.9 Å². The van der Waals surface area contributed by atoms with E-state index >= 15 is 0 Å². The van der Waals surface area contributed by atoms with E-state index in [1.54, 1.807) is 11.3 Å². The summed E-state index contributed by atoms with van der Waals surface area (Å²) in [6.07, 6.45) is 5.70. The number of hydrogen-bond donors (Lipinski definition) is 2. The standard InChI is InChI=1S/C27H36N4O2S/c1-21-8-14-25(15-9-21)32-17-4-3-5-18-33-30-31-16-6-7-26(31)28-19-23-10-12-24(13-11-23)27-22(2)29-20-34-27/h8-15,20,26,28,30H,3-7,16-19H2,1-2H3. The maximum Gasteiger partial charge on any atom is 0.119 e. The van der Waals surface area contributed by atoms with E-state index in [1.165, 1.54) is 21.6 Å². The highest BCUT2D eigenvalue weighted by atomic mass is 32.1. The second-order valence-corrected chi connectivity index (χ2v) is 9.71. The molecule has 0 spiro atoms. The van der Waals surface area contributed by atoms with Gasteiger partial charge in [-0.05, 0) is 69.2 Å². The van der Waals surface area contributed by atoms with Crippen molar-refractivity contribution in [2.75, 3.05) is 19.8 Å². The predicted molar refractivity (Wildman–Crippen MR) is 138 cm³/mol. The van der Waals surface area contributed by atoms with E-state index in [2.05, 4.69) is 71.1 Å². The molecule has 7 heteroatoms. The van der Waals surface area contributed by atoms with Crippen LogP contribution in [0.3, 0.4) is 0 Å². The topological polar surface area (TPSA) is 58.7 Å². The lowest BCUT2D eigenvalue weighted by molar-refractivity contribution is -0.0958. The van der Waals surface area contributed by atoms with Gasteiger partial charge in [-0.1, -0.05) is 42.0 Å². The summed E-state index contributed by atoms with van der Waals surface area (Å²) in [4.78, 5) is 11.3. The molecule has 1 fully saturated rings. The van der Waals surface area contributed by atoms with Gasteiger partial charge >= 0.3 is 0 Å². The van der Waals surface area contributed by atoms with Crippen LogP contribution in [0.2, 0.25) is 0 Å². The van der Waals surface area contributed by atoms with E-state index in [0.29, 0.717) is 6.61 Å². The van der Waals surface area contributed by atoms with Crippen LogP contribution in [-0.2, 0) is 11.4 Å². The van der Waals surface area contributed by atoms with E-state index < -0.39 is 0 Å². The van der Waals surface area contributed by atoms with Gasteiger partial charge in [0.05, 0.1) is 35.5 Å². The number of hydrazine groups is 1. The van der Waals surface area contributed by atoms with Gasteiger partial charge < -0.3 is 4.74 Å². The Hall–Kier alpha value is -2.29. The highest BCUT2D eigenvalue weighted by molar-refractivity contribution is 7.13. The summed E-state index contributed by atoms with van der Waals surface area (Å²) in [5.41, 5.74) is 9.94. The van der Waals surface area contributed by atoms with Gasteiger partial charge in [-0.2, -0.15) is 0 Å². The summed E-state index contributed by atoms with van der Waals surface area (Å²) in [6, 6.07) is 17.0. The molecule has 2 heterocycles. The third kappa shape index (κ3) is 7.35. The van der Waals surface area contributed by atoms with Crippen LogP contribution in [0, 0.1) is 13.8 Å². The van der Waals surface area contributed by atoms with Crippen molar-refractivity contribution >= 4 is 11.3 Å². The molecule has 1 aromatic heterocycles. The van der Waals surface area contributed by atoms with Crippen molar-refractivity contribution < 1.29 is 9.57 Å². The first kappa shape index (κ1) is 24.8. The van der Waals surface area contributed by atoms with Crippen molar-refractivity contribution in [3.8, 4) is 16.2 Å². The molecule has 2 aromatic carbocycles. The largest absolute Gasteiger partial charge is 0.494 e. The summed E-state index contributed by atoms with van der Waals surface area (Å²) in [7, 11) is 0. The Morgan fingerprint density at radius 1 is 1.00 bits per heavy atom. The van der Waals surface area contributed by atoms with Gasteiger partial charge in [-0.25, -0.2) is 9.99 Å². The van der Waals surface area contributed by atoms with Crippen LogP contribution in [0.25, 0.3) is 10.4 Å². The first-order valence-electron chi connectivity index (χ1n) is 12.3. The average Bonchev–Trinajstić information content (AvgIpc) is 3.49. The fraction of sp³-hybridized carbons (Fsp3) is 0.444. The maximum atomic E-state index is 5.78. The third-order valence-electron chi connectivity index (χ3n) is 6.12. The molecular formula is C27H36N4O2S. The van der Waals surface area contributed by atoms with Gasteiger partial charge in [0.25, 0.3) is 0 Å². The summed E-state index contributed by atoms with van der Waals surface area (Å²) in [6.45, 7) is 7.43. The highest BCUT2D eigenvalue weighted by Crippen LogP contribution is 2.27. The number of aromatic nitrogens is 1. The number of nitrogens with one attached hydrogen (secondary N) is 2. The van der Waals surface area contributed by atoms with Gasteiger partial charge in [0.15, 0.2) is 0 Å². The number of hydrogen-bond acceptors (Lipinski definition) is 7. The molecule has 3 aromatic rings. The summed E-state index contributed by atoms with van der Waals surface area (Å²) >= 11 is 1.69. The van der Waals surface area contributed by atoms with Crippen molar-refractivity contribution in [2.45, 2.75) is 58.7 Å². The normalized spacial score (nSPS) is 16.2. The molecule has 34 heavy (non-hydrogen) atoms. The molecule has 4 rings (SSSR count). The number of thiazole rings is 1. The first-order chi connectivity index (χ1) is 16.7. The zero-order chi connectivity index (χ0) is 23.6. The SMILES string of the molecule is Cc1ccc(OCCCCCONN2CCCC2NCc2ccc(-c3scnc3C)cc2)cc1. The van der Waals surface area contributed by atoms with E-state index in [-0.39, 0.29) is 6.17 Å². The molecular weight excluding hydrogens is 444 g/mol. The number of rotatable bonds is 13. The number of aryl methyl sites for hydroxylation is 2. The zero-order valence-electron chi connectivity index (χ0n) is 20.3. The van der Waals surface area contributed by atoms with E-state index in [0.717, 1.165) is 63.2 Å². The Morgan fingerprint density at radius 3 is 2.56 bits per heavy atom. The molecule has 1 unspecified atom stereocenters. The third-order valence-corrected chi connectivity index (χ3v) is 7.10. The lowest BCUT2D eigenvalue weighted by Crippen LogP contribution is -2.48. The second-order valence-electron chi connectivity index (χ2n) is 8.86. The lowest BCUT2D eigenvalue weighted by Gasteiger charge is -2.25. The average molecular weight is 481 g/mol. The Bertz CT molecular complexity index is 991. The monoisotopic (exact) mass is 480 g/mol. The van der Waals surface area contributed by atoms with Gasteiger partial charge in [0.2, 0.25) is 0 Å². The first-order valence-corrected chi connectivity index (χ1v) is 13.1. The van der Waals surface area contributed by atoms with E-state index in [1.807, 2.05) is 17.6 Å². The van der Waals surface area contributed by atoms with Gasteiger partial charge in [0, 0.05) is 13.1 Å². The van der Waals surface area contributed by atoms with Gasteiger partial charge in [0.1, 0.15) is 5.75 Å². The molecule has 6 nitrogen and oxygen atoms in total. The molecule has 1 aliphatic heterocycles. The lowest BCUT2D eigenvalue weighted by atomic mass is 10.1. The minimum atomic E-state index is 0.284. The second kappa shape index (κ2) is 13.0. The minimum Gasteiger partial charge on any atom is -0.494 e. The number of benzene rings is 2. The smallest absolute Gasteiger partial charge is 0.119 e. The van der Waals surface area contributed by atoms with Crippen molar-refractivity contribution in [1.29, 1.82) is 0 Å². The predicted octanol–water partition coefficient (Wildman–Crippen LogP) is 5.62. The zero-order valence-corrected chi connectivity index (χ0v) is 21.1. The molecule has 182 valence electrons. The molecule has 0 saturated carbocycles. The van der Waals surface area contributed by atoms with Crippen LogP contribution in [0.5, 0.6) is 5.75 Å². The number of unbranched alkanes of at least 4 members (excludes halogenated alkanes) is 2. The van der Waals surface area contributed by atoms with Crippen LogP contribution < -0.4 is 15.6 Å². The highest BCUT2D eigenvalue weighted by Gasteiger charge is 2.24. The molecule has 0 bridgehead atoms. The molecule has 0 aliphatic carbocycles. The molecule has 2 N–H and O–H groups in total. The molecule has 1 saturated heterocycles.